The maximum atomic E-state index is 12.0. The molecule has 0 spiro atoms. The van der Waals surface area contributed by atoms with Gasteiger partial charge in [-0.3, -0.25) is 0 Å². The van der Waals surface area contributed by atoms with Crippen LogP contribution in [0.15, 0.2) is 24.3 Å². The SMILES string of the molecule is Nc1ccc(CCNS(=O)(=O)C2CCS(=O)(=O)C2)cc1. The van der Waals surface area contributed by atoms with E-state index in [-0.39, 0.29) is 24.5 Å². The third kappa shape index (κ3) is 3.94. The summed E-state index contributed by atoms with van der Waals surface area (Å²) < 4.78 is 49.0. The van der Waals surface area contributed by atoms with E-state index < -0.39 is 25.1 Å². The van der Waals surface area contributed by atoms with Crippen LogP contribution in [0.1, 0.15) is 12.0 Å². The van der Waals surface area contributed by atoms with Crippen molar-refractivity contribution in [2.24, 2.45) is 0 Å². The third-order valence-electron chi connectivity index (χ3n) is 3.33. The lowest BCUT2D eigenvalue weighted by atomic mass is 10.1. The van der Waals surface area contributed by atoms with Crippen molar-refractivity contribution in [2.45, 2.75) is 18.1 Å². The van der Waals surface area contributed by atoms with Gasteiger partial charge < -0.3 is 5.73 Å². The average molecular weight is 318 g/mol. The smallest absolute Gasteiger partial charge is 0.215 e. The maximum Gasteiger partial charge on any atom is 0.215 e. The van der Waals surface area contributed by atoms with Crippen LogP contribution in [0.2, 0.25) is 0 Å². The standard InChI is InChI=1S/C12H18N2O4S2/c13-11-3-1-10(2-4-11)5-7-14-20(17,18)12-6-8-19(15,16)9-12/h1-4,12,14H,5-9,13H2. The van der Waals surface area contributed by atoms with Gasteiger partial charge >= 0.3 is 0 Å². The minimum Gasteiger partial charge on any atom is -0.399 e. The summed E-state index contributed by atoms with van der Waals surface area (Å²) in [7, 11) is -6.76. The van der Waals surface area contributed by atoms with Crippen molar-refractivity contribution < 1.29 is 16.8 Å². The van der Waals surface area contributed by atoms with Crippen molar-refractivity contribution in [3.63, 3.8) is 0 Å². The van der Waals surface area contributed by atoms with Gasteiger partial charge in [-0.2, -0.15) is 0 Å². The normalized spacial score (nSPS) is 21.9. The third-order valence-corrected chi connectivity index (χ3v) is 7.19. The van der Waals surface area contributed by atoms with Crippen LogP contribution in [-0.2, 0) is 26.3 Å². The zero-order valence-electron chi connectivity index (χ0n) is 10.9. The minimum absolute atomic E-state index is 0.0451. The molecule has 3 N–H and O–H groups in total. The van der Waals surface area contributed by atoms with Crippen LogP contribution < -0.4 is 10.5 Å². The molecule has 112 valence electrons. The minimum atomic E-state index is -3.56. The fourth-order valence-electron chi connectivity index (χ4n) is 2.15. The van der Waals surface area contributed by atoms with Gasteiger partial charge in [0.25, 0.3) is 0 Å². The molecule has 0 amide bonds. The molecule has 0 bridgehead atoms. The highest BCUT2D eigenvalue weighted by molar-refractivity contribution is 7.95. The Morgan fingerprint density at radius 2 is 1.90 bits per heavy atom. The Kier molecular flexibility index (Phi) is 4.36. The topological polar surface area (TPSA) is 106 Å². The molecule has 1 fully saturated rings. The van der Waals surface area contributed by atoms with E-state index in [0.717, 1.165) is 5.56 Å². The predicted octanol–water partition coefficient (Wildman–Crippen LogP) is -0.0822. The summed E-state index contributed by atoms with van der Waals surface area (Å²) in [4.78, 5) is 0. The van der Waals surface area contributed by atoms with Crippen LogP contribution in [0.3, 0.4) is 0 Å². The van der Waals surface area contributed by atoms with E-state index in [4.69, 9.17) is 5.73 Å². The molecule has 8 heteroatoms. The second kappa shape index (κ2) is 5.71. The molecule has 0 aliphatic carbocycles. The van der Waals surface area contributed by atoms with Gasteiger partial charge in [-0.25, -0.2) is 21.6 Å². The van der Waals surface area contributed by atoms with Crippen molar-refractivity contribution in [3.05, 3.63) is 29.8 Å². The van der Waals surface area contributed by atoms with Crippen LogP contribution >= 0.6 is 0 Å². The quantitative estimate of drug-likeness (QED) is 0.738. The van der Waals surface area contributed by atoms with Crippen molar-refractivity contribution in [1.29, 1.82) is 0 Å². The number of hydrogen-bond donors (Lipinski definition) is 2. The highest BCUT2D eigenvalue weighted by Crippen LogP contribution is 2.18. The van der Waals surface area contributed by atoms with Gasteiger partial charge in [0.15, 0.2) is 9.84 Å². The number of nitrogens with two attached hydrogens (primary N) is 1. The fourth-order valence-corrected chi connectivity index (χ4v) is 6.23. The van der Waals surface area contributed by atoms with Gasteiger partial charge in [-0.15, -0.1) is 0 Å². The molecule has 1 saturated heterocycles. The molecule has 0 saturated carbocycles. The highest BCUT2D eigenvalue weighted by atomic mass is 32.2. The van der Waals surface area contributed by atoms with Gasteiger partial charge in [-0.1, -0.05) is 12.1 Å². The number of rotatable bonds is 5. The number of sulfonamides is 1. The largest absolute Gasteiger partial charge is 0.399 e. The summed E-state index contributed by atoms with van der Waals surface area (Å²) in [6.45, 7) is 0.253. The van der Waals surface area contributed by atoms with Gasteiger partial charge in [0.05, 0.1) is 16.8 Å². The lowest BCUT2D eigenvalue weighted by Crippen LogP contribution is -2.36. The Morgan fingerprint density at radius 1 is 1.25 bits per heavy atom. The number of benzene rings is 1. The van der Waals surface area contributed by atoms with Crippen molar-refractivity contribution >= 4 is 25.5 Å². The Morgan fingerprint density at radius 3 is 2.45 bits per heavy atom. The van der Waals surface area contributed by atoms with Crippen LogP contribution in [0, 0.1) is 0 Å². The molecule has 1 aromatic rings. The molecule has 1 atom stereocenters. The molecular weight excluding hydrogens is 300 g/mol. The second-order valence-corrected chi connectivity index (χ2v) is 9.23. The lowest BCUT2D eigenvalue weighted by Gasteiger charge is -2.11. The average Bonchev–Trinajstić information content (AvgIpc) is 2.73. The van der Waals surface area contributed by atoms with E-state index in [9.17, 15) is 16.8 Å². The van der Waals surface area contributed by atoms with E-state index in [1.54, 1.807) is 12.1 Å². The summed E-state index contributed by atoms with van der Waals surface area (Å²) in [6, 6.07) is 7.19. The summed E-state index contributed by atoms with van der Waals surface area (Å²) in [6.07, 6.45) is 0.721. The van der Waals surface area contributed by atoms with Crippen LogP contribution in [0.4, 0.5) is 5.69 Å². The summed E-state index contributed by atoms with van der Waals surface area (Å²) in [5.41, 5.74) is 7.20. The summed E-state index contributed by atoms with van der Waals surface area (Å²) in [5.74, 6) is -0.319. The lowest BCUT2D eigenvalue weighted by molar-refractivity contribution is 0.568. The molecule has 1 aliphatic rings. The predicted molar refractivity (Wildman–Crippen MR) is 78.5 cm³/mol. The molecular formula is C12H18N2O4S2. The molecule has 1 heterocycles. The molecule has 1 unspecified atom stereocenters. The molecule has 1 aliphatic heterocycles. The molecule has 1 aromatic carbocycles. The number of nitrogen functional groups attached to an aromatic ring is 1. The summed E-state index contributed by atoms with van der Waals surface area (Å²) in [5, 5.41) is -0.820. The summed E-state index contributed by atoms with van der Waals surface area (Å²) >= 11 is 0. The molecule has 6 nitrogen and oxygen atoms in total. The van der Waals surface area contributed by atoms with Gasteiger partial charge in [0, 0.05) is 12.2 Å². The Balaban J connectivity index is 1.88. The van der Waals surface area contributed by atoms with Gasteiger partial charge in [-0.05, 0) is 30.5 Å². The zero-order chi connectivity index (χ0) is 14.8. The first-order chi connectivity index (χ1) is 9.28. The van der Waals surface area contributed by atoms with E-state index in [2.05, 4.69) is 4.72 Å². The Labute approximate surface area is 119 Å². The Bertz CT molecular complexity index is 666. The van der Waals surface area contributed by atoms with Gasteiger partial charge in [0.2, 0.25) is 10.0 Å². The van der Waals surface area contributed by atoms with Crippen molar-refractivity contribution in [2.75, 3.05) is 23.8 Å². The first-order valence-electron chi connectivity index (χ1n) is 6.32. The second-order valence-electron chi connectivity index (χ2n) is 4.96. The van der Waals surface area contributed by atoms with Crippen LogP contribution in [0.5, 0.6) is 0 Å². The van der Waals surface area contributed by atoms with E-state index in [1.807, 2.05) is 12.1 Å². The maximum absolute atomic E-state index is 12.0. The first-order valence-corrected chi connectivity index (χ1v) is 9.69. The fraction of sp³-hybridized carbons (Fsp3) is 0.500. The van der Waals surface area contributed by atoms with Crippen LogP contribution in [0.25, 0.3) is 0 Å². The monoisotopic (exact) mass is 318 g/mol. The van der Waals surface area contributed by atoms with E-state index in [0.29, 0.717) is 12.1 Å². The van der Waals surface area contributed by atoms with Crippen LogP contribution in [-0.4, -0.2) is 40.1 Å². The molecule has 0 aromatic heterocycles. The molecule has 0 radical (unpaired) electrons. The van der Waals surface area contributed by atoms with Crippen molar-refractivity contribution in [1.82, 2.24) is 4.72 Å². The van der Waals surface area contributed by atoms with Crippen molar-refractivity contribution in [3.8, 4) is 0 Å². The molecule has 2 rings (SSSR count). The van der Waals surface area contributed by atoms with Gasteiger partial charge in [0.1, 0.15) is 0 Å². The van der Waals surface area contributed by atoms with E-state index in [1.165, 1.54) is 0 Å². The number of hydrogen-bond acceptors (Lipinski definition) is 5. The first kappa shape index (κ1) is 15.3. The molecule has 20 heavy (non-hydrogen) atoms. The van der Waals surface area contributed by atoms with E-state index >= 15 is 0 Å². The Hall–Kier alpha value is -1.12. The number of anilines is 1. The highest BCUT2D eigenvalue weighted by Gasteiger charge is 2.36. The number of nitrogens with one attached hydrogen (secondary N) is 1. The number of sulfone groups is 1. The zero-order valence-corrected chi connectivity index (χ0v) is 12.6.